The van der Waals surface area contributed by atoms with Crippen LogP contribution in [-0.4, -0.2) is 27.3 Å². The molecule has 6 nitrogen and oxygen atoms in total. The summed E-state index contributed by atoms with van der Waals surface area (Å²) in [6, 6.07) is 4.94. The Labute approximate surface area is 148 Å². The maximum atomic E-state index is 12.0. The smallest absolute Gasteiger partial charge is 0.259 e. The first kappa shape index (κ1) is 17.0. The Hall–Kier alpha value is -1.86. The lowest BCUT2D eigenvalue weighted by Crippen LogP contribution is -2.22. The summed E-state index contributed by atoms with van der Waals surface area (Å²) >= 11 is 7.05. The van der Waals surface area contributed by atoms with Crippen molar-refractivity contribution in [3.8, 4) is 0 Å². The summed E-state index contributed by atoms with van der Waals surface area (Å²) in [6.45, 7) is 0. The Kier molecular flexibility index (Phi) is 5.52. The molecule has 1 aliphatic carbocycles. The molecule has 24 heavy (non-hydrogen) atoms. The number of halogens is 1. The molecule has 0 unspecified atom stereocenters. The molecular weight excluding hydrogens is 348 g/mol. The summed E-state index contributed by atoms with van der Waals surface area (Å²) in [7, 11) is 0. The molecule has 0 spiro atoms. The van der Waals surface area contributed by atoms with E-state index in [1.165, 1.54) is 18.2 Å². The zero-order chi connectivity index (χ0) is 16.9. The third kappa shape index (κ3) is 4.36. The Morgan fingerprint density at radius 1 is 1.33 bits per heavy atom. The number of benzene rings is 1. The highest BCUT2D eigenvalue weighted by molar-refractivity contribution is 7.99. The molecule has 1 amide bonds. The van der Waals surface area contributed by atoms with Crippen molar-refractivity contribution in [2.75, 3.05) is 5.75 Å². The molecule has 1 heterocycles. The summed E-state index contributed by atoms with van der Waals surface area (Å²) in [5.74, 6) is -0.0735. The summed E-state index contributed by atoms with van der Waals surface area (Å²) < 4.78 is 0. The standard InChI is InChI=1S/C16H17ClN4O2S/c17-10-6-7-13-12(8-10)15(23)19-16(18-13)24-9-14(22)21-20-11-4-2-1-3-5-11/h6-8H,1-5,9H2,(H,21,22)(H,18,19,23). The fraction of sp³-hybridized carbons (Fsp3) is 0.375. The predicted octanol–water partition coefficient (Wildman–Crippen LogP) is 3.10. The number of H-pyrrole nitrogens is 1. The van der Waals surface area contributed by atoms with Gasteiger partial charge in [0.05, 0.1) is 16.7 Å². The Balaban J connectivity index is 1.62. The molecule has 1 aromatic carbocycles. The molecule has 1 saturated carbocycles. The van der Waals surface area contributed by atoms with Crippen LogP contribution in [0.2, 0.25) is 5.02 Å². The normalized spacial score (nSPS) is 14.6. The molecule has 8 heteroatoms. The number of rotatable bonds is 4. The van der Waals surface area contributed by atoms with Gasteiger partial charge in [-0.15, -0.1) is 0 Å². The third-order valence-electron chi connectivity index (χ3n) is 3.76. The zero-order valence-electron chi connectivity index (χ0n) is 13.0. The largest absolute Gasteiger partial charge is 0.301 e. The number of hydrazone groups is 1. The van der Waals surface area contributed by atoms with Crippen LogP contribution in [0.25, 0.3) is 10.9 Å². The molecule has 2 aromatic rings. The highest BCUT2D eigenvalue weighted by Crippen LogP contribution is 2.18. The Morgan fingerprint density at radius 2 is 2.12 bits per heavy atom. The van der Waals surface area contributed by atoms with Crippen molar-refractivity contribution in [1.29, 1.82) is 0 Å². The maximum Gasteiger partial charge on any atom is 0.259 e. The lowest BCUT2D eigenvalue weighted by molar-refractivity contribution is -0.118. The van der Waals surface area contributed by atoms with Gasteiger partial charge in [-0.05, 0) is 43.9 Å². The molecule has 0 atom stereocenters. The number of hydrogen-bond donors (Lipinski definition) is 2. The molecule has 0 aliphatic heterocycles. The van der Waals surface area contributed by atoms with Crippen molar-refractivity contribution in [3.05, 3.63) is 33.6 Å². The van der Waals surface area contributed by atoms with E-state index in [1.54, 1.807) is 18.2 Å². The van der Waals surface area contributed by atoms with Crippen molar-refractivity contribution in [2.24, 2.45) is 5.10 Å². The van der Waals surface area contributed by atoms with Crippen molar-refractivity contribution < 1.29 is 4.79 Å². The van der Waals surface area contributed by atoms with Gasteiger partial charge in [-0.1, -0.05) is 29.8 Å². The van der Waals surface area contributed by atoms with Crippen LogP contribution in [0, 0.1) is 0 Å². The van der Waals surface area contributed by atoms with Gasteiger partial charge in [0, 0.05) is 10.7 Å². The van der Waals surface area contributed by atoms with Crippen LogP contribution >= 0.6 is 23.4 Å². The average molecular weight is 365 g/mol. The monoisotopic (exact) mass is 364 g/mol. The fourth-order valence-electron chi connectivity index (χ4n) is 2.54. The third-order valence-corrected chi connectivity index (χ3v) is 4.86. The summed E-state index contributed by atoms with van der Waals surface area (Å²) in [4.78, 5) is 30.9. The number of fused-ring (bicyclic) bond motifs is 1. The molecule has 1 aromatic heterocycles. The van der Waals surface area contributed by atoms with Gasteiger partial charge in [0.15, 0.2) is 5.16 Å². The first-order valence-corrected chi connectivity index (χ1v) is 9.15. The first-order chi connectivity index (χ1) is 11.6. The number of nitrogens with one attached hydrogen (secondary N) is 2. The van der Waals surface area contributed by atoms with Crippen LogP contribution in [0.4, 0.5) is 0 Å². The summed E-state index contributed by atoms with van der Waals surface area (Å²) in [5, 5.41) is 5.48. The molecule has 0 saturated heterocycles. The van der Waals surface area contributed by atoms with Gasteiger partial charge in [0.1, 0.15) is 0 Å². The number of hydrogen-bond acceptors (Lipinski definition) is 5. The van der Waals surface area contributed by atoms with Crippen LogP contribution in [0.1, 0.15) is 32.1 Å². The van der Waals surface area contributed by atoms with Gasteiger partial charge < -0.3 is 4.98 Å². The van der Waals surface area contributed by atoms with Gasteiger partial charge in [0.2, 0.25) is 0 Å². The number of aromatic nitrogens is 2. The molecule has 2 N–H and O–H groups in total. The van der Waals surface area contributed by atoms with Crippen LogP contribution in [-0.2, 0) is 4.79 Å². The molecular formula is C16H17ClN4O2S. The van der Waals surface area contributed by atoms with E-state index < -0.39 is 0 Å². The molecule has 1 aliphatic rings. The maximum absolute atomic E-state index is 12.0. The molecule has 0 bridgehead atoms. The zero-order valence-corrected chi connectivity index (χ0v) is 14.5. The fourth-order valence-corrected chi connectivity index (χ4v) is 3.37. The minimum absolute atomic E-state index is 0.138. The molecule has 1 fully saturated rings. The highest BCUT2D eigenvalue weighted by Gasteiger charge is 2.10. The van der Waals surface area contributed by atoms with E-state index in [4.69, 9.17) is 11.6 Å². The van der Waals surface area contributed by atoms with E-state index in [-0.39, 0.29) is 17.2 Å². The van der Waals surface area contributed by atoms with Gasteiger partial charge in [0.25, 0.3) is 11.5 Å². The lowest BCUT2D eigenvalue weighted by Gasteiger charge is -2.11. The van der Waals surface area contributed by atoms with E-state index >= 15 is 0 Å². The lowest BCUT2D eigenvalue weighted by atomic mass is 9.99. The van der Waals surface area contributed by atoms with Gasteiger partial charge in [-0.25, -0.2) is 10.4 Å². The predicted molar refractivity (Wildman–Crippen MR) is 96.8 cm³/mol. The van der Waals surface area contributed by atoms with Crippen LogP contribution in [0.5, 0.6) is 0 Å². The second kappa shape index (κ2) is 7.81. The van der Waals surface area contributed by atoms with E-state index in [0.717, 1.165) is 31.4 Å². The van der Waals surface area contributed by atoms with Crippen LogP contribution in [0.3, 0.4) is 0 Å². The van der Waals surface area contributed by atoms with Crippen LogP contribution in [0.15, 0.2) is 33.3 Å². The van der Waals surface area contributed by atoms with E-state index in [2.05, 4.69) is 20.5 Å². The number of nitrogens with zero attached hydrogens (tertiary/aromatic N) is 2. The number of carbonyl (C=O) groups excluding carboxylic acids is 1. The molecule has 0 radical (unpaired) electrons. The van der Waals surface area contributed by atoms with Gasteiger partial charge in [-0.2, -0.15) is 5.10 Å². The van der Waals surface area contributed by atoms with Crippen molar-refractivity contribution >= 4 is 45.9 Å². The number of amides is 1. The van der Waals surface area contributed by atoms with Crippen molar-refractivity contribution in [2.45, 2.75) is 37.3 Å². The number of carbonyl (C=O) groups is 1. The quantitative estimate of drug-likeness (QED) is 0.495. The molecule has 126 valence electrons. The summed E-state index contributed by atoms with van der Waals surface area (Å²) in [5.41, 5.74) is 3.90. The van der Waals surface area contributed by atoms with Gasteiger partial charge in [-0.3, -0.25) is 9.59 Å². The second-order valence-electron chi connectivity index (χ2n) is 5.59. The van der Waals surface area contributed by atoms with E-state index in [9.17, 15) is 9.59 Å². The van der Waals surface area contributed by atoms with E-state index in [1.807, 2.05) is 0 Å². The Bertz CT molecular complexity index is 842. The molecule has 3 rings (SSSR count). The minimum atomic E-state index is -0.271. The average Bonchev–Trinajstić information content (AvgIpc) is 2.60. The summed E-state index contributed by atoms with van der Waals surface area (Å²) in [6.07, 6.45) is 5.41. The number of aromatic amines is 1. The Morgan fingerprint density at radius 3 is 2.92 bits per heavy atom. The van der Waals surface area contributed by atoms with Gasteiger partial charge >= 0.3 is 0 Å². The highest BCUT2D eigenvalue weighted by atomic mass is 35.5. The SMILES string of the molecule is O=C(CSc1nc2ccc(Cl)cc2c(=O)[nH]1)NN=C1CCCCC1. The number of thioether (sulfide) groups is 1. The van der Waals surface area contributed by atoms with E-state index in [0.29, 0.717) is 21.1 Å². The first-order valence-electron chi connectivity index (χ1n) is 7.78. The van der Waals surface area contributed by atoms with Crippen molar-refractivity contribution in [3.63, 3.8) is 0 Å². The van der Waals surface area contributed by atoms with Crippen LogP contribution < -0.4 is 11.0 Å². The van der Waals surface area contributed by atoms with Crippen molar-refractivity contribution in [1.82, 2.24) is 15.4 Å². The minimum Gasteiger partial charge on any atom is -0.301 e. The second-order valence-corrected chi connectivity index (χ2v) is 7.00. The topological polar surface area (TPSA) is 87.2 Å².